The molecular formula is C31H36Cl3N3O4S. The van der Waals surface area contributed by atoms with Crippen molar-refractivity contribution in [2.24, 2.45) is 0 Å². The van der Waals surface area contributed by atoms with E-state index in [0.29, 0.717) is 39.3 Å². The molecule has 3 aromatic carbocycles. The monoisotopic (exact) mass is 651 g/mol. The molecule has 0 spiro atoms. The fourth-order valence-electron chi connectivity index (χ4n) is 4.53. The van der Waals surface area contributed by atoms with Crippen LogP contribution < -0.4 is 9.62 Å². The minimum atomic E-state index is -3.64. The molecule has 3 rings (SSSR count). The van der Waals surface area contributed by atoms with E-state index < -0.39 is 16.1 Å². The lowest BCUT2D eigenvalue weighted by Gasteiger charge is -2.32. The van der Waals surface area contributed by atoms with Gasteiger partial charge >= 0.3 is 0 Å². The zero-order chi connectivity index (χ0) is 30.7. The van der Waals surface area contributed by atoms with Gasteiger partial charge in [-0.15, -0.1) is 0 Å². The summed E-state index contributed by atoms with van der Waals surface area (Å²) >= 11 is 18.7. The number of anilines is 1. The van der Waals surface area contributed by atoms with Crippen LogP contribution in [0.4, 0.5) is 5.69 Å². The number of carbonyl (C=O) groups excluding carboxylic acids is 2. The third-order valence-electron chi connectivity index (χ3n) is 6.70. The fourth-order valence-corrected chi connectivity index (χ4v) is 6.14. The maximum atomic E-state index is 13.9. The van der Waals surface area contributed by atoms with Gasteiger partial charge in [-0.25, -0.2) is 8.42 Å². The molecule has 0 aliphatic carbocycles. The third kappa shape index (κ3) is 10.2. The Labute approximate surface area is 263 Å². The molecule has 1 atom stereocenters. The topological polar surface area (TPSA) is 86.8 Å². The number of carbonyl (C=O) groups is 2. The number of sulfonamides is 1. The normalized spacial score (nSPS) is 12.0. The Bertz CT molecular complexity index is 1450. The second-order valence-corrected chi connectivity index (χ2v) is 13.2. The first kappa shape index (κ1) is 33.7. The Kier molecular flexibility index (Phi) is 13.0. The van der Waals surface area contributed by atoms with Gasteiger partial charge in [-0.05, 0) is 54.3 Å². The number of unbranched alkanes of at least 4 members (excludes halogenated alkanes) is 1. The van der Waals surface area contributed by atoms with E-state index in [1.165, 1.54) is 9.21 Å². The van der Waals surface area contributed by atoms with Gasteiger partial charge in [0.25, 0.3) is 0 Å². The second kappa shape index (κ2) is 16.2. The fraction of sp³-hybridized carbons (Fsp3) is 0.355. The molecule has 42 heavy (non-hydrogen) atoms. The van der Waals surface area contributed by atoms with Crippen LogP contribution in [0.25, 0.3) is 0 Å². The van der Waals surface area contributed by atoms with Crippen molar-refractivity contribution in [1.29, 1.82) is 0 Å². The molecular weight excluding hydrogens is 617 g/mol. The van der Waals surface area contributed by atoms with Crippen LogP contribution >= 0.6 is 34.8 Å². The molecule has 0 radical (unpaired) electrons. The average Bonchev–Trinajstić information content (AvgIpc) is 2.94. The van der Waals surface area contributed by atoms with Crippen LogP contribution in [0.2, 0.25) is 15.1 Å². The van der Waals surface area contributed by atoms with Crippen LogP contribution in [0.15, 0.2) is 72.8 Å². The van der Waals surface area contributed by atoms with Crippen molar-refractivity contribution in [3.05, 3.63) is 99.0 Å². The van der Waals surface area contributed by atoms with Crippen LogP contribution in [0.5, 0.6) is 0 Å². The highest BCUT2D eigenvalue weighted by Gasteiger charge is 2.31. The lowest BCUT2D eigenvalue weighted by molar-refractivity contribution is -0.141. The summed E-state index contributed by atoms with van der Waals surface area (Å²) in [5.74, 6) is -0.561. The molecule has 0 aliphatic heterocycles. The lowest BCUT2D eigenvalue weighted by Crippen LogP contribution is -2.50. The quantitative estimate of drug-likeness (QED) is 0.184. The second-order valence-electron chi connectivity index (χ2n) is 10.0. The molecule has 226 valence electrons. The molecule has 0 aliphatic rings. The highest BCUT2D eigenvalue weighted by atomic mass is 35.5. The Morgan fingerprint density at radius 2 is 1.62 bits per heavy atom. The number of nitrogens with one attached hydrogen (secondary N) is 1. The summed E-state index contributed by atoms with van der Waals surface area (Å²) in [6, 6.07) is 20.3. The molecule has 0 bridgehead atoms. The number of amides is 2. The standard InChI is InChI=1S/C31H36Cl3N3O4S/c1-3-4-17-35-31(39)29(19-23-10-6-5-7-11-23)36(22-24-15-16-26(33)21-28(24)34)30(38)14-9-18-37(42(2,40)41)27-13-8-12-25(32)20-27/h5-8,10-13,15-16,20-21,29H,3-4,9,14,17-19,22H2,1-2H3,(H,35,39). The molecule has 0 saturated heterocycles. The Morgan fingerprint density at radius 3 is 2.26 bits per heavy atom. The van der Waals surface area contributed by atoms with Crippen LogP contribution in [0.1, 0.15) is 43.7 Å². The highest BCUT2D eigenvalue weighted by molar-refractivity contribution is 7.92. The summed E-state index contributed by atoms with van der Waals surface area (Å²) in [6.07, 6.45) is 3.36. The molecule has 0 saturated carbocycles. The van der Waals surface area contributed by atoms with E-state index in [1.807, 2.05) is 37.3 Å². The van der Waals surface area contributed by atoms with Gasteiger partial charge in [0, 0.05) is 47.5 Å². The summed E-state index contributed by atoms with van der Waals surface area (Å²) in [4.78, 5) is 29.0. The number of halogens is 3. The molecule has 0 aromatic heterocycles. The van der Waals surface area contributed by atoms with Gasteiger partial charge < -0.3 is 10.2 Å². The van der Waals surface area contributed by atoms with Crippen molar-refractivity contribution in [3.8, 4) is 0 Å². The summed E-state index contributed by atoms with van der Waals surface area (Å²) < 4.78 is 26.4. The van der Waals surface area contributed by atoms with E-state index in [1.54, 1.807) is 42.5 Å². The van der Waals surface area contributed by atoms with Crippen molar-refractivity contribution in [2.75, 3.05) is 23.7 Å². The van der Waals surface area contributed by atoms with Crippen molar-refractivity contribution in [1.82, 2.24) is 10.2 Å². The van der Waals surface area contributed by atoms with Gasteiger partial charge in [-0.3, -0.25) is 13.9 Å². The Morgan fingerprint density at radius 1 is 0.905 bits per heavy atom. The van der Waals surface area contributed by atoms with Crippen LogP contribution in [0, 0.1) is 0 Å². The van der Waals surface area contributed by atoms with E-state index in [-0.39, 0.29) is 37.7 Å². The molecule has 3 aromatic rings. The molecule has 0 fully saturated rings. The molecule has 1 unspecified atom stereocenters. The summed E-state index contributed by atoms with van der Waals surface area (Å²) in [5.41, 5.74) is 1.96. The molecule has 0 heterocycles. The number of rotatable bonds is 15. The van der Waals surface area contributed by atoms with Gasteiger partial charge in [-0.1, -0.05) is 90.6 Å². The van der Waals surface area contributed by atoms with E-state index in [9.17, 15) is 18.0 Å². The van der Waals surface area contributed by atoms with E-state index in [0.717, 1.165) is 24.7 Å². The van der Waals surface area contributed by atoms with Crippen LogP contribution in [0.3, 0.4) is 0 Å². The van der Waals surface area contributed by atoms with E-state index >= 15 is 0 Å². The first-order valence-corrected chi connectivity index (χ1v) is 16.8. The number of nitrogens with zero attached hydrogens (tertiary/aromatic N) is 2. The van der Waals surface area contributed by atoms with Gasteiger partial charge in [0.2, 0.25) is 21.8 Å². The zero-order valence-electron chi connectivity index (χ0n) is 23.7. The van der Waals surface area contributed by atoms with Gasteiger partial charge in [0.15, 0.2) is 0 Å². The van der Waals surface area contributed by atoms with Gasteiger partial charge in [-0.2, -0.15) is 0 Å². The molecule has 7 nitrogen and oxygen atoms in total. The first-order valence-electron chi connectivity index (χ1n) is 13.8. The smallest absolute Gasteiger partial charge is 0.243 e. The number of hydrogen-bond donors (Lipinski definition) is 1. The number of hydrogen-bond acceptors (Lipinski definition) is 4. The van der Waals surface area contributed by atoms with Gasteiger partial charge in [0.05, 0.1) is 11.9 Å². The largest absolute Gasteiger partial charge is 0.354 e. The minimum absolute atomic E-state index is 0.00528. The summed E-state index contributed by atoms with van der Waals surface area (Å²) in [7, 11) is -3.64. The van der Waals surface area contributed by atoms with Crippen molar-refractivity contribution in [3.63, 3.8) is 0 Å². The molecule has 11 heteroatoms. The van der Waals surface area contributed by atoms with E-state index in [2.05, 4.69) is 5.32 Å². The Hall–Kier alpha value is -2.78. The SMILES string of the molecule is CCCCNC(=O)C(Cc1ccccc1)N(Cc1ccc(Cl)cc1Cl)C(=O)CCCN(c1cccc(Cl)c1)S(C)(=O)=O. The summed E-state index contributed by atoms with van der Waals surface area (Å²) in [6.45, 7) is 2.67. The van der Waals surface area contributed by atoms with Gasteiger partial charge in [0.1, 0.15) is 6.04 Å². The predicted octanol–water partition coefficient (Wildman–Crippen LogP) is 6.75. The van der Waals surface area contributed by atoms with Crippen LogP contribution in [-0.2, 0) is 32.6 Å². The maximum absolute atomic E-state index is 13.9. The van der Waals surface area contributed by atoms with Crippen molar-refractivity contribution in [2.45, 2.75) is 51.6 Å². The van der Waals surface area contributed by atoms with Crippen molar-refractivity contribution >= 4 is 62.3 Å². The third-order valence-corrected chi connectivity index (χ3v) is 8.72. The highest BCUT2D eigenvalue weighted by Crippen LogP contribution is 2.26. The Balaban J connectivity index is 1.90. The zero-order valence-corrected chi connectivity index (χ0v) is 26.8. The summed E-state index contributed by atoms with van der Waals surface area (Å²) in [5, 5.41) is 4.23. The molecule has 1 N–H and O–H groups in total. The first-order chi connectivity index (χ1) is 20.0. The molecule has 2 amide bonds. The lowest BCUT2D eigenvalue weighted by atomic mass is 10.0. The maximum Gasteiger partial charge on any atom is 0.243 e. The minimum Gasteiger partial charge on any atom is -0.354 e. The number of benzene rings is 3. The van der Waals surface area contributed by atoms with E-state index in [4.69, 9.17) is 34.8 Å². The average molecular weight is 653 g/mol. The van der Waals surface area contributed by atoms with Crippen molar-refractivity contribution < 1.29 is 18.0 Å². The van der Waals surface area contributed by atoms with Crippen LogP contribution in [-0.4, -0.2) is 50.5 Å². The predicted molar refractivity (Wildman–Crippen MR) is 172 cm³/mol.